The van der Waals surface area contributed by atoms with E-state index in [1.54, 1.807) is 11.0 Å². The highest BCUT2D eigenvalue weighted by molar-refractivity contribution is 8.27. The summed E-state index contributed by atoms with van der Waals surface area (Å²) in [6.07, 6.45) is 1.82. The fraction of sp³-hybridized carbons (Fsp3) is 0.250. The summed E-state index contributed by atoms with van der Waals surface area (Å²) in [6.45, 7) is 6.20. The normalized spacial score (nSPS) is 18.7. The van der Waals surface area contributed by atoms with Gasteiger partial charge in [0.05, 0.1) is 30.9 Å². The summed E-state index contributed by atoms with van der Waals surface area (Å²) in [5.74, 6) is -0.578. The Morgan fingerprint density at radius 2 is 1.89 bits per heavy atom. The summed E-state index contributed by atoms with van der Waals surface area (Å²) in [6, 6.07) is 16.5. The number of carbonyl (C=O) groups excluding carboxylic acids is 2. The molecule has 0 bridgehead atoms. The fourth-order valence-corrected chi connectivity index (χ4v) is 5.90. The third kappa shape index (κ3) is 4.25. The van der Waals surface area contributed by atoms with E-state index in [9.17, 15) is 9.59 Å². The molecule has 6 rings (SSSR count). The Morgan fingerprint density at radius 1 is 1.13 bits per heavy atom. The number of aromatic nitrogens is 1. The second-order valence-corrected chi connectivity index (χ2v) is 10.4. The molecule has 3 aliphatic rings. The van der Waals surface area contributed by atoms with Gasteiger partial charge in [0.2, 0.25) is 11.1 Å². The number of thioether (sulfide) groups is 1. The number of ether oxygens (including phenoxy) is 1. The molecule has 10 heteroatoms. The highest BCUT2D eigenvalue weighted by Gasteiger charge is 2.36. The Kier molecular flexibility index (Phi) is 6.21. The van der Waals surface area contributed by atoms with Gasteiger partial charge in [0.15, 0.2) is 5.84 Å². The molecule has 1 aromatic heterocycles. The molecule has 4 heterocycles. The molecule has 0 unspecified atom stereocenters. The standard InChI is InChI=1S/C28H26N6O3S/c1-17-14-20(18(2)33(17)23-9-5-7-19-6-3-4-8-21(19)23)15-22-26(29)34-28(30-27(22)36)38-24(31-34)16-25(35)32-10-12-37-13-11-32/h3-9,14-15,29H,10-13,16H2,1-2H3. The maximum Gasteiger partial charge on any atom is 0.283 e. The third-order valence-corrected chi connectivity index (χ3v) is 7.85. The number of carbonyl (C=O) groups is 2. The Balaban J connectivity index is 1.29. The predicted molar refractivity (Wildman–Crippen MR) is 150 cm³/mol. The van der Waals surface area contributed by atoms with Gasteiger partial charge < -0.3 is 14.2 Å². The first-order valence-corrected chi connectivity index (χ1v) is 13.2. The number of rotatable bonds is 4. The first-order chi connectivity index (χ1) is 18.4. The predicted octanol–water partition coefficient (Wildman–Crippen LogP) is 4.12. The van der Waals surface area contributed by atoms with Crippen molar-refractivity contribution in [3.63, 3.8) is 0 Å². The average molecular weight is 527 g/mol. The van der Waals surface area contributed by atoms with E-state index in [1.165, 1.54) is 16.8 Å². The van der Waals surface area contributed by atoms with Crippen molar-refractivity contribution < 1.29 is 14.3 Å². The Hall–Kier alpha value is -4.02. The van der Waals surface area contributed by atoms with E-state index in [1.807, 2.05) is 38.1 Å². The number of nitrogens with zero attached hydrogens (tertiary/aromatic N) is 5. The van der Waals surface area contributed by atoms with Gasteiger partial charge in [-0.25, -0.2) is 0 Å². The molecule has 3 aromatic rings. The van der Waals surface area contributed by atoms with Crippen molar-refractivity contribution >= 4 is 56.5 Å². The quantitative estimate of drug-likeness (QED) is 0.516. The van der Waals surface area contributed by atoms with E-state index in [2.05, 4.69) is 38.9 Å². The number of aryl methyl sites for hydroxylation is 1. The maximum atomic E-state index is 13.0. The number of fused-ring (bicyclic) bond motifs is 2. The number of amides is 2. The van der Waals surface area contributed by atoms with Gasteiger partial charge in [0, 0.05) is 29.9 Å². The van der Waals surface area contributed by atoms with E-state index in [-0.39, 0.29) is 23.7 Å². The highest BCUT2D eigenvalue weighted by atomic mass is 32.2. The van der Waals surface area contributed by atoms with Crippen LogP contribution in [-0.2, 0) is 14.3 Å². The number of amidine groups is 2. The summed E-state index contributed by atoms with van der Waals surface area (Å²) in [5.41, 5.74) is 4.03. The van der Waals surface area contributed by atoms with Crippen molar-refractivity contribution in [2.24, 2.45) is 10.1 Å². The van der Waals surface area contributed by atoms with Gasteiger partial charge in [-0.1, -0.05) is 36.4 Å². The van der Waals surface area contributed by atoms with E-state index < -0.39 is 5.91 Å². The SMILES string of the molecule is Cc1cc(C=C2C(=N)N3N=C(CC(=O)N4CCOCC4)SC3=NC2=O)c(C)n1-c1cccc2ccccc12. The van der Waals surface area contributed by atoms with E-state index in [0.29, 0.717) is 36.5 Å². The number of benzene rings is 2. The van der Waals surface area contributed by atoms with Crippen molar-refractivity contribution in [2.45, 2.75) is 20.3 Å². The molecule has 192 valence electrons. The number of aliphatic imine (C=N–C) groups is 1. The van der Waals surface area contributed by atoms with Crippen molar-refractivity contribution in [3.05, 3.63) is 71.1 Å². The monoisotopic (exact) mass is 526 g/mol. The van der Waals surface area contributed by atoms with Crippen molar-refractivity contribution in [2.75, 3.05) is 26.3 Å². The van der Waals surface area contributed by atoms with Crippen LogP contribution in [0.5, 0.6) is 0 Å². The molecule has 1 N–H and O–H groups in total. The molecular formula is C28H26N6O3S. The van der Waals surface area contributed by atoms with Gasteiger partial charge in [-0.3, -0.25) is 15.0 Å². The number of nitrogens with one attached hydrogen (secondary N) is 1. The zero-order chi connectivity index (χ0) is 26.4. The van der Waals surface area contributed by atoms with Crippen LogP contribution in [0.4, 0.5) is 0 Å². The van der Waals surface area contributed by atoms with Crippen LogP contribution in [-0.4, -0.2) is 68.6 Å². The summed E-state index contributed by atoms with van der Waals surface area (Å²) < 4.78 is 7.48. The molecule has 0 radical (unpaired) electrons. The Labute approximate surface area is 224 Å². The van der Waals surface area contributed by atoms with Gasteiger partial charge in [0.1, 0.15) is 5.04 Å². The Morgan fingerprint density at radius 3 is 2.71 bits per heavy atom. The molecule has 1 saturated heterocycles. The first-order valence-electron chi connectivity index (χ1n) is 12.4. The van der Waals surface area contributed by atoms with Crippen LogP contribution < -0.4 is 0 Å². The van der Waals surface area contributed by atoms with Crippen LogP contribution >= 0.6 is 11.8 Å². The molecule has 38 heavy (non-hydrogen) atoms. The summed E-state index contributed by atoms with van der Waals surface area (Å²) >= 11 is 1.17. The van der Waals surface area contributed by atoms with Crippen LogP contribution in [0.2, 0.25) is 0 Å². The topological polar surface area (TPSA) is 103 Å². The van der Waals surface area contributed by atoms with E-state index in [4.69, 9.17) is 10.1 Å². The molecule has 3 aliphatic heterocycles. The molecule has 0 saturated carbocycles. The molecule has 1 fully saturated rings. The summed E-state index contributed by atoms with van der Waals surface area (Å²) in [4.78, 5) is 31.6. The number of hydrogen-bond donors (Lipinski definition) is 1. The molecule has 9 nitrogen and oxygen atoms in total. The maximum absolute atomic E-state index is 13.0. The van der Waals surface area contributed by atoms with Crippen molar-refractivity contribution in [1.82, 2.24) is 14.5 Å². The zero-order valence-electron chi connectivity index (χ0n) is 21.1. The highest BCUT2D eigenvalue weighted by Crippen LogP contribution is 2.32. The molecule has 2 aromatic carbocycles. The minimum Gasteiger partial charge on any atom is -0.378 e. The van der Waals surface area contributed by atoms with Crippen LogP contribution in [0.25, 0.3) is 22.5 Å². The lowest BCUT2D eigenvalue weighted by Crippen LogP contribution is -2.41. The second kappa shape index (κ2) is 9.70. The van der Waals surface area contributed by atoms with Crippen LogP contribution in [0, 0.1) is 19.3 Å². The first kappa shape index (κ1) is 24.3. The molecule has 0 spiro atoms. The van der Waals surface area contributed by atoms with Crippen LogP contribution in [0.1, 0.15) is 23.4 Å². The lowest BCUT2D eigenvalue weighted by atomic mass is 10.1. The molecule has 0 atom stereocenters. The number of hydrazone groups is 1. The molecule has 2 amide bonds. The second-order valence-electron chi connectivity index (χ2n) is 9.34. The van der Waals surface area contributed by atoms with E-state index in [0.717, 1.165) is 33.4 Å². The van der Waals surface area contributed by atoms with Crippen molar-refractivity contribution in [3.8, 4) is 5.69 Å². The number of hydrogen-bond acceptors (Lipinski definition) is 6. The van der Waals surface area contributed by atoms with Gasteiger partial charge >= 0.3 is 0 Å². The van der Waals surface area contributed by atoms with E-state index >= 15 is 0 Å². The van der Waals surface area contributed by atoms with Crippen molar-refractivity contribution in [1.29, 1.82) is 5.41 Å². The smallest absolute Gasteiger partial charge is 0.283 e. The summed E-state index contributed by atoms with van der Waals surface area (Å²) in [7, 11) is 0. The molecular weight excluding hydrogens is 500 g/mol. The van der Waals surface area contributed by atoms with Gasteiger partial charge in [0.25, 0.3) is 5.91 Å². The lowest BCUT2D eigenvalue weighted by molar-refractivity contribution is -0.133. The van der Waals surface area contributed by atoms with Gasteiger partial charge in [-0.2, -0.15) is 15.1 Å². The minimum atomic E-state index is -0.486. The minimum absolute atomic E-state index is 0.0451. The Bertz CT molecular complexity index is 1590. The van der Waals surface area contributed by atoms with Crippen LogP contribution in [0.3, 0.4) is 0 Å². The zero-order valence-corrected chi connectivity index (χ0v) is 21.9. The van der Waals surface area contributed by atoms with Crippen LogP contribution in [0.15, 0.2) is 64.2 Å². The largest absolute Gasteiger partial charge is 0.378 e. The van der Waals surface area contributed by atoms with Gasteiger partial charge in [-0.05, 0) is 54.8 Å². The van der Waals surface area contributed by atoms with Gasteiger partial charge in [-0.15, -0.1) is 0 Å². The summed E-state index contributed by atoms with van der Waals surface area (Å²) in [5, 5.41) is 17.7. The average Bonchev–Trinajstić information content (AvgIpc) is 3.45. The lowest BCUT2D eigenvalue weighted by Gasteiger charge is -2.26. The number of morpholine rings is 1. The fourth-order valence-electron chi connectivity index (χ4n) is 5.02. The molecule has 0 aliphatic carbocycles. The third-order valence-electron chi connectivity index (χ3n) is 6.94.